The molecule has 4 heteroatoms. The molecular formula is C9H11ClFNO. The van der Waals surface area contributed by atoms with E-state index in [4.69, 9.17) is 17.3 Å². The Labute approximate surface area is 81.1 Å². The monoisotopic (exact) mass is 203 g/mol. The van der Waals surface area contributed by atoms with Gasteiger partial charge in [-0.25, -0.2) is 4.39 Å². The Kier molecular flexibility index (Phi) is 3.25. The van der Waals surface area contributed by atoms with E-state index in [0.717, 1.165) is 5.56 Å². The van der Waals surface area contributed by atoms with Crippen LogP contribution in [0.5, 0.6) is 0 Å². The average Bonchev–Trinajstić information content (AvgIpc) is 2.10. The molecule has 72 valence electrons. The second kappa shape index (κ2) is 4.05. The molecule has 0 amide bonds. The number of aryl methyl sites for hydroxylation is 1. The molecule has 1 atom stereocenters. The Balaban J connectivity index is 3.20. The molecule has 1 unspecified atom stereocenters. The highest BCUT2D eigenvalue weighted by atomic mass is 35.5. The number of halogens is 2. The fourth-order valence-corrected chi connectivity index (χ4v) is 1.40. The van der Waals surface area contributed by atoms with Gasteiger partial charge in [-0.2, -0.15) is 0 Å². The lowest BCUT2D eigenvalue weighted by molar-refractivity contribution is 0.182. The van der Waals surface area contributed by atoms with Crippen molar-refractivity contribution in [3.8, 4) is 0 Å². The van der Waals surface area contributed by atoms with Gasteiger partial charge in [0.2, 0.25) is 0 Å². The van der Waals surface area contributed by atoms with Crippen LogP contribution in [0.25, 0.3) is 0 Å². The lowest BCUT2D eigenvalue weighted by atomic mass is 10.1. The van der Waals surface area contributed by atoms with Crippen LogP contribution in [0, 0.1) is 12.7 Å². The summed E-state index contributed by atoms with van der Waals surface area (Å²) in [5, 5.41) is 9.35. The van der Waals surface area contributed by atoms with Crippen LogP contribution in [-0.4, -0.2) is 11.7 Å². The molecule has 2 nitrogen and oxygen atoms in total. The number of hydrogen-bond acceptors (Lipinski definition) is 2. The summed E-state index contributed by atoms with van der Waals surface area (Å²) in [6, 6.07) is 3.04. The molecule has 0 fully saturated rings. The molecular weight excluding hydrogens is 193 g/mol. The van der Waals surface area contributed by atoms with Gasteiger partial charge in [-0.3, -0.25) is 0 Å². The highest BCUT2D eigenvalue weighted by Gasteiger charge is 2.14. The van der Waals surface area contributed by atoms with Gasteiger partial charge in [0.05, 0.1) is 11.1 Å². The maximum atomic E-state index is 13.3. The van der Waals surface area contributed by atoms with Gasteiger partial charge in [0, 0.05) is 12.1 Å². The molecule has 0 bridgehead atoms. The van der Waals surface area contributed by atoms with Crippen LogP contribution >= 0.6 is 11.6 Å². The van der Waals surface area contributed by atoms with Crippen molar-refractivity contribution in [2.24, 2.45) is 5.73 Å². The number of aliphatic hydroxyl groups is 1. The first-order valence-corrected chi connectivity index (χ1v) is 4.27. The normalized spacial score (nSPS) is 13.0. The van der Waals surface area contributed by atoms with Gasteiger partial charge in [0.15, 0.2) is 0 Å². The SMILES string of the molecule is Cc1cc(Cl)c(F)c(C(O)CN)c1. The topological polar surface area (TPSA) is 46.2 Å². The van der Waals surface area contributed by atoms with Crippen molar-refractivity contribution in [1.29, 1.82) is 0 Å². The van der Waals surface area contributed by atoms with Crippen LogP contribution in [0.15, 0.2) is 12.1 Å². The standard InChI is InChI=1S/C9H11ClFNO/c1-5-2-6(8(13)4-12)9(11)7(10)3-5/h2-3,8,13H,4,12H2,1H3. The van der Waals surface area contributed by atoms with Gasteiger partial charge in [-0.05, 0) is 18.6 Å². The van der Waals surface area contributed by atoms with Crippen LogP contribution < -0.4 is 5.73 Å². The molecule has 0 aliphatic carbocycles. The molecule has 0 radical (unpaired) electrons. The lowest BCUT2D eigenvalue weighted by Gasteiger charge is -2.11. The van der Waals surface area contributed by atoms with Crippen LogP contribution in [-0.2, 0) is 0 Å². The zero-order chi connectivity index (χ0) is 10.0. The Morgan fingerprint density at radius 1 is 1.62 bits per heavy atom. The van der Waals surface area contributed by atoms with Crippen molar-refractivity contribution in [3.63, 3.8) is 0 Å². The Morgan fingerprint density at radius 3 is 2.77 bits per heavy atom. The third kappa shape index (κ3) is 2.18. The Morgan fingerprint density at radius 2 is 2.23 bits per heavy atom. The summed E-state index contributed by atoms with van der Waals surface area (Å²) in [5.74, 6) is -0.592. The van der Waals surface area contributed by atoms with E-state index in [0.29, 0.717) is 0 Å². The smallest absolute Gasteiger partial charge is 0.147 e. The highest BCUT2D eigenvalue weighted by molar-refractivity contribution is 6.30. The zero-order valence-electron chi connectivity index (χ0n) is 7.22. The minimum atomic E-state index is -0.989. The molecule has 0 saturated heterocycles. The van der Waals surface area contributed by atoms with E-state index in [1.54, 1.807) is 13.0 Å². The summed E-state index contributed by atoms with van der Waals surface area (Å²) in [7, 11) is 0. The van der Waals surface area contributed by atoms with Crippen molar-refractivity contribution in [2.75, 3.05) is 6.54 Å². The lowest BCUT2D eigenvalue weighted by Crippen LogP contribution is -2.13. The first-order chi connectivity index (χ1) is 6.06. The summed E-state index contributed by atoms with van der Waals surface area (Å²) in [5.41, 5.74) is 6.17. The van der Waals surface area contributed by atoms with Crippen molar-refractivity contribution in [2.45, 2.75) is 13.0 Å². The fraction of sp³-hybridized carbons (Fsp3) is 0.333. The molecule has 0 heterocycles. The summed E-state index contributed by atoms with van der Waals surface area (Å²) in [6.45, 7) is 1.76. The third-order valence-corrected chi connectivity index (χ3v) is 2.06. The van der Waals surface area contributed by atoms with Gasteiger partial charge in [-0.15, -0.1) is 0 Å². The molecule has 0 saturated carbocycles. The number of benzene rings is 1. The minimum Gasteiger partial charge on any atom is -0.387 e. The first kappa shape index (κ1) is 10.4. The zero-order valence-corrected chi connectivity index (χ0v) is 7.98. The largest absolute Gasteiger partial charge is 0.387 e. The predicted molar refractivity (Wildman–Crippen MR) is 50.2 cm³/mol. The number of nitrogens with two attached hydrogens (primary N) is 1. The molecule has 0 spiro atoms. The van der Waals surface area contributed by atoms with E-state index in [1.807, 2.05) is 0 Å². The molecule has 1 rings (SSSR count). The minimum absolute atomic E-state index is 0.0162. The second-order valence-electron chi connectivity index (χ2n) is 2.90. The molecule has 0 aromatic heterocycles. The molecule has 0 aliphatic heterocycles. The van der Waals surface area contributed by atoms with Crippen molar-refractivity contribution in [3.05, 3.63) is 34.1 Å². The van der Waals surface area contributed by atoms with E-state index >= 15 is 0 Å². The maximum Gasteiger partial charge on any atom is 0.147 e. The Hall–Kier alpha value is -0.640. The summed E-state index contributed by atoms with van der Waals surface area (Å²) in [4.78, 5) is 0. The van der Waals surface area contributed by atoms with Gasteiger partial charge < -0.3 is 10.8 Å². The van der Waals surface area contributed by atoms with Crippen LogP contribution in [0.4, 0.5) is 4.39 Å². The molecule has 3 N–H and O–H groups in total. The van der Waals surface area contributed by atoms with Crippen molar-refractivity contribution < 1.29 is 9.50 Å². The quantitative estimate of drug-likeness (QED) is 0.770. The first-order valence-electron chi connectivity index (χ1n) is 3.90. The predicted octanol–water partition coefficient (Wildman–Crippen LogP) is 1.78. The van der Waals surface area contributed by atoms with E-state index in [2.05, 4.69) is 0 Å². The number of aliphatic hydroxyl groups excluding tert-OH is 1. The average molecular weight is 204 g/mol. The van der Waals surface area contributed by atoms with Crippen LogP contribution in [0.2, 0.25) is 5.02 Å². The van der Waals surface area contributed by atoms with Gasteiger partial charge >= 0.3 is 0 Å². The summed E-state index contributed by atoms with van der Waals surface area (Å²) < 4.78 is 13.3. The van der Waals surface area contributed by atoms with E-state index in [9.17, 15) is 9.50 Å². The van der Waals surface area contributed by atoms with Crippen LogP contribution in [0.3, 0.4) is 0 Å². The summed E-state index contributed by atoms with van der Waals surface area (Å²) >= 11 is 5.59. The van der Waals surface area contributed by atoms with E-state index < -0.39 is 11.9 Å². The van der Waals surface area contributed by atoms with Crippen molar-refractivity contribution >= 4 is 11.6 Å². The third-order valence-electron chi connectivity index (χ3n) is 1.78. The molecule has 1 aromatic rings. The Bertz CT molecular complexity index is 317. The molecule has 13 heavy (non-hydrogen) atoms. The number of hydrogen-bond donors (Lipinski definition) is 2. The van der Waals surface area contributed by atoms with Gasteiger partial charge in [0.1, 0.15) is 5.82 Å². The molecule has 1 aromatic carbocycles. The van der Waals surface area contributed by atoms with Crippen molar-refractivity contribution in [1.82, 2.24) is 0 Å². The highest BCUT2D eigenvalue weighted by Crippen LogP contribution is 2.24. The second-order valence-corrected chi connectivity index (χ2v) is 3.31. The maximum absolute atomic E-state index is 13.3. The molecule has 0 aliphatic rings. The van der Waals surface area contributed by atoms with Gasteiger partial charge in [-0.1, -0.05) is 17.7 Å². The van der Waals surface area contributed by atoms with E-state index in [1.165, 1.54) is 6.07 Å². The van der Waals surface area contributed by atoms with Gasteiger partial charge in [0.25, 0.3) is 0 Å². The van der Waals surface area contributed by atoms with Crippen LogP contribution in [0.1, 0.15) is 17.2 Å². The number of rotatable bonds is 2. The fourth-order valence-electron chi connectivity index (χ4n) is 1.12. The van der Waals surface area contributed by atoms with E-state index in [-0.39, 0.29) is 17.1 Å². The summed E-state index contributed by atoms with van der Waals surface area (Å²) in [6.07, 6.45) is -0.989.